The van der Waals surface area contributed by atoms with E-state index in [9.17, 15) is 8.42 Å². The average Bonchev–Trinajstić information content (AvgIpc) is 3.34. The molecule has 0 unspecified atom stereocenters. The molecule has 4 rings (SSSR count). The van der Waals surface area contributed by atoms with Crippen molar-refractivity contribution in [1.29, 1.82) is 0 Å². The van der Waals surface area contributed by atoms with Crippen LogP contribution in [-0.2, 0) is 16.6 Å². The molecule has 1 aliphatic rings. The van der Waals surface area contributed by atoms with Crippen LogP contribution in [0, 0.1) is 0 Å². The number of aromatic nitrogens is 4. The van der Waals surface area contributed by atoms with Gasteiger partial charge in [0.2, 0.25) is 16.8 Å². The predicted molar refractivity (Wildman–Crippen MR) is 132 cm³/mol. The van der Waals surface area contributed by atoms with Crippen LogP contribution in [0.15, 0.2) is 28.5 Å². The van der Waals surface area contributed by atoms with E-state index in [1.807, 2.05) is 35.7 Å². The number of benzene rings is 1. The highest BCUT2D eigenvalue weighted by atomic mass is 32.2. The van der Waals surface area contributed by atoms with Crippen LogP contribution >= 0.6 is 11.8 Å². The highest BCUT2D eigenvalue weighted by Gasteiger charge is 2.28. The molecule has 0 spiro atoms. The normalized spacial score (nSPS) is 13.6. The van der Waals surface area contributed by atoms with E-state index >= 15 is 0 Å². The topological polar surface area (TPSA) is 137 Å². The largest absolute Gasteiger partial charge is 0.454 e. The number of imidazole rings is 1. The lowest BCUT2D eigenvalue weighted by Crippen LogP contribution is -2.39. The summed E-state index contributed by atoms with van der Waals surface area (Å²) in [5, 5.41) is 0.669. The molecular weight excluding hydrogens is 478 g/mol. The van der Waals surface area contributed by atoms with Crippen LogP contribution in [0.4, 0.5) is 11.5 Å². The molecule has 0 aliphatic carbocycles. The van der Waals surface area contributed by atoms with Gasteiger partial charge < -0.3 is 24.7 Å². The smallest absolute Gasteiger partial charge is 0.231 e. The number of sulfonamides is 1. The Morgan fingerprint density at radius 3 is 2.59 bits per heavy atom. The van der Waals surface area contributed by atoms with Crippen molar-refractivity contribution >= 4 is 44.5 Å². The van der Waals surface area contributed by atoms with Gasteiger partial charge >= 0.3 is 0 Å². The SMILES string of the molecule is CN(C)c1cc2c(cc1Sc1nc3c(N)ncnc3n1CCCNS(=O)(=O)C(C)(C)C)OCO2. The number of fused-ring (bicyclic) bond motifs is 2. The second-order valence-corrected chi connectivity index (χ2v) is 12.5. The maximum absolute atomic E-state index is 12.4. The van der Waals surface area contributed by atoms with Crippen molar-refractivity contribution in [2.24, 2.45) is 0 Å². The zero-order chi connectivity index (χ0) is 24.7. The molecule has 0 bridgehead atoms. The number of ether oxygens (including phenoxy) is 2. The third-order valence-electron chi connectivity index (χ3n) is 5.32. The first-order valence-electron chi connectivity index (χ1n) is 10.7. The fourth-order valence-electron chi connectivity index (χ4n) is 3.32. The van der Waals surface area contributed by atoms with Gasteiger partial charge in [-0.25, -0.2) is 28.1 Å². The Morgan fingerprint density at radius 2 is 1.91 bits per heavy atom. The summed E-state index contributed by atoms with van der Waals surface area (Å²) in [4.78, 5) is 16.1. The highest BCUT2D eigenvalue weighted by Crippen LogP contribution is 2.44. The van der Waals surface area contributed by atoms with E-state index in [1.165, 1.54) is 18.1 Å². The van der Waals surface area contributed by atoms with Crippen LogP contribution in [-0.4, -0.2) is 60.1 Å². The third-order valence-corrected chi connectivity index (χ3v) is 8.56. The van der Waals surface area contributed by atoms with Crippen molar-refractivity contribution in [3.05, 3.63) is 18.5 Å². The van der Waals surface area contributed by atoms with Crippen LogP contribution in [0.2, 0.25) is 0 Å². The van der Waals surface area contributed by atoms with Gasteiger partial charge in [0.25, 0.3) is 0 Å². The van der Waals surface area contributed by atoms with Gasteiger partial charge in [-0.15, -0.1) is 0 Å². The molecule has 0 saturated carbocycles. The molecule has 3 N–H and O–H groups in total. The number of rotatable bonds is 8. The number of aryl methyl sites for hydroxylation is 1. The van der Waals surface area contributed by atoms with Gasteiger partial charge in [0.05, 0.1) is 10.4 Å². The monoisotopic (exact) mass is 507 g/mol. The molecule has 11 nitrogen and oxygen atoms in total. The molecule has 0 amide bonds. The number of hydrogen-bond acceptors (Lipinski definition) is 10. The maximum atomic E-state index is 12.4. The molecule has 1 aliphatic heterocycles. The first-order chi connectivity index (χ1) is 16.0. The Balaban J connectivity index is 1.64. The summed E-state index contributed by atoms with van der Waals surface area (Å²) < 4.78 is 39.6. The molecule has 0 radical (unpaired) electrons. The molecular formula is C21H29N7O4S2. The number of nitrogen functional groups attached to an aromatic ring is 1. The van der Waals surface area contributed by atoms with Crippen LogP contribution in [0.1, 0.15) is 27.2 Å². The van der Waals surface area contributed by atoms with Crippen LogP contribution in [0.5, 0.6) is 11.5 Å². The molecule has 1 aromatic carbocycles. The Labute approximate surface area is 203 Å². The van der Waals surface area contributed by atoms with E-state index in [1.54, 1.807) is 20.8 Å². The summed E-state index contributed by atoms with van der Waals surface area (Å²) in [6, 6.07) is 3.87. The van der Waals surface area contributed by atoms with Crippen LogP contribution in [0.3, 0.4) is 0 Å². The van der Waals surface area contributed by atoms with Crippen molar-refractivity contribution in [3.8, 4) is 11.5 Å². The van der Waals surface area contributed by atoms with E-state index in [2.05, 4.69) is 14.7 Å². The van der Waals surface area contributed by atoms with Crippen molar-refractivity contribution in [2.45, 2.75) is 48.5 Å². The van der Waals surface area contributed by atoms with Crippen LogP contribution < -0.4 is 24.8 Å². The maximum Gasteiger partial charge on any atom is 0.231 e. The highest BCUT2D eigenvalue weighted by molar-refractivity contribution is 7.99. The summed E-state index contributed by atoms with van der Waals surface area (Å²) in [6.07, 6.45) is 1.94. The molecule has 0 atom stereocenters. The average molecular weight is 508 g/mol. The lowest BCUT2D eigenvalue weighted by atomic mass is 10.2. The summed E-state index contributed by atoms with van der Waals surface area (Å²) in [7, 11) is 0.483. The molecule has 0 saturated heterocycles. The molecule has 0 fully saturated rings. The first kappa shape index (κ1) is 24.4. The van der Waals surface area contributed by atoms with Gasteiger partial charge in [-0.2, -0.15) is 0 Å². The number of nitrogens with two attached hydrogens (primary N) is 1. The predicted octanol–water partition coefficient (Wildman–Crippen LogP) is 2.46. The van der Waals surface area contributed by atoms with Crippen molar-refractivity contribution in [2.75, 3.05) is 38.1 Å². The van der Waals surface area contributed by atoms with Gasteiger partial charge in [-0.05, 0) is 39.0 Å². The molecule has 2 aromatic heterocycles. The van der Waals surface area contributed by atoms with Crippen molar-refractivity contribution < 1.29 is 17.9 Å². The number of anilines is 2. The second-order valence-electron chi connectivity index (χ2n) is 9.01. The van der Waals surface area contributed by atoms with E-state index in [0.717, 1.165) is 10.6 Å². The Kier molecular flexibility index (Phi) is 6.53. The minimum absolute atomic E-state index is 0.186. The third kappa shape index (κ3) is 4.72. The van der Waals surface area contributed by atoms with Gasteiger partial charge in [0.15, 0.2) is 33.6 Å². The Hall–Kier alpha value is -2.77. The van der Waals surface area contributed by atoms with Gasteiger partial charge in [0.1, 0.15) is 6.33 Å². The summed E-state index contributed by atoms with van der Waals surface area (Å²) in [5.41, 5.74) is 8.12. The van der Waals surface area contributed by atoms with Gasteiger partial charge in [-0.1, -0.05) is 0 Å². The molecule has 34 heavy (non-hydrogen) atoms. The fraction of sp³-hybridized carbons (Fsp3) is 0.476. The van der Waals surface area contributed by atoms with Crippen molar-refractivity contribution in [3.63, 3.8) is 0 Å². The van der Waals surface area contributed by atoms with E-state index in [0.29, 0.717) is 40.8 Å². The van der Waals surface area contributed by atoms with E-state index in [4.69, 9.17) is 20.2 Å². The first-order valence-corrected chi connectivity index (χ1v) is 13.0. The Morgan fingerprint density at radius 1 is 1.21 bits per heavy atom. The minimum atomic E-state index is -3.42. The zero-order valence-corrected chi connectivity index (χ0v) is 21.5. The summed E-state index contributed by atoms with van der Waals surface area (Å²) in [6.45, 7) is 5.97. The minimum Gasteiger partial charge on any atom is -0.454 e. The van der Waals surface area contributed by atoms with E-state index < -0.39 is 14.8 Å². The number of nitrogens with one attached hydrogen (secondary N) is 1. The van der Waals surface area contributed by atoms with Crippen molar-refractivity contribution in [1.82, 2.24) is 24.2 Å². The molecule has 3 heterocycles. The summed E-state index contributed by atoms with van der Waals surface area (Å²) >= 11 is 1.45. The van der Waals surface area contributed by atoms with Crippen LogP contribution in [0.25, 0.3) is 11.2 Å². The van der Waals surface area contributed by atoms with E-state index in [-0.39, 0.29) is 19.2 Å². The second kappa shape index (κ2) is 9.12. The number of nitrogens with zero attached hydrogens (tertiary/aromatic N) is 5. The standard InChI is InChI=1S/C21H29N7O4S2/c1-21(2,3)34(29,30)25-7-6-8-28-19-17(18(22)23-11-24-19)26-20(28)33-16-10-15-14(31-12-32-15)9-13(16)27(4)5/h9-11,25H,6-8,12H2,1-5H3,(H2,22,23,24). The zero-order valence-electron chi connectivity index (χ0n) is 19.8. The molecule has 184 valence electrons. The molecule has 3 aromatic rings. The van der Waals surface area contributed by atoms with Gasteiger partial charge in [-0.3, -0.25) is 0 Å². The number of hydrogen-bond donors (Lipinski definition) is 2. The van der Waals surface area contributed by atoms with Gasteiger partial charge in [0, 0.05) is 44.2 Å². The lowest BCUT2D eigenvalue weighted by molar-refractivity contribution is 0.174. The fourth-order valence-corrected chi connectivity index (χ4v) is 5.30. The molecule has 13 heteroatoms. The Bertz CT molecular complexity index is 1320. The lowest BCUT2D eigenvalue weighted by Gasteiger charge is -2.20. The summed E-state index contributed by atoms with van der Waals surface area (Å²) in [5.74, 6) is 1.66. The quantitative estimate of drug-likeness (QED) is 0.437.